The van der Waals surface area contributed by atoms with E-state index in [0.717, 1.165) is 57.2 Å². The van der Waals surface area contributed by atoms with Crippen LogP contribution in [0.1, 0.15) is 48.9 Å². The monoisotopic (exact) mass is 342 g/mol. The summed E-state index contributed by atoms with van der Waals surface area (Å²) < 4.78 is 4.03. The Morgan fingerprint density at radius 3 is 2.68 bits per heavy atom. The smallest absolute Gasteiger partial charge is 0.274 e. The summed E-state index contributed by atoms with van der Waals surface area (Å²) in [4.78, 5) is 14.5. The molecule has 2 fully saturated rings. The predicted molar refractivity (Wildman–Crippen MR) is 93.0 cm³/mol. The zero-order valence-corrected chi connectivity index (χ0v) is 14.8. The Hall–Kier alpha value is -2.18. The highest BCUT2D eigenvalue weighted by atomic mass is 16.2. The Morgan fingerprint density at radius 2 is 2.00 bits per heavy atom. The van der Waals surface area contributed by atoms with E-state index in [9.17, 15) is 4.79 Å². The van der Waals surface area contributed by atoms with Crippen LogP contribution in [0.3, 0.4) is 0 Å². The third-order valence-electron chi connectivity index (χ3n) is 5.40. The van der Waals surface area contributed by atoms with Gasteiger partial charge in [0.05, 0.1) is 0 Å². The van der Waals surface area contributed by atoms with Gasteiger partial charge in [0.25, 0.3) is 5.91 Å². The van der Waals surface area contributed by atoms with Crippen molar-refractivity contribution >= 4 is 5.91 Å². The molecule has 2 aromatic heterocycles. The number of nitrogens with zero attached hydrogens (tertiary/aromatic N) is 6. The second-order valence-electron chi connectivity index (χ2n) is 7.34. The predicted octanol–water partition coefficient (Wildman–Crippen LogP) is 2.00. The SMILES string of the molecule is CCn1ccc(C(=O)N2CCC(Cc3nncn3CC3CC3)CC2)n1. The second-order valence-corrected chi connectivity index (χ2v) is 7.34. The summed E-state index contributed by atoms with van der Waals surface area (Å²) in [5.74, 6) is 2.58. The Morgan fingerprint density at radius 1 is 1.20 bits per heavy atom. The molecule has 0 spiro atoms. The first-order valence-corrected chi connectivity index (χ1v) is 9.42. The van der Waals surface area contributed by atoms with Crippen molar-refractivity contribution in [1.29, 1.82) is 0 Å². The van der Waals surface area contributed by atoms with Crippen molar-refractivity contribution in [2.24, 2.45) is 11.8 Å². The van der Waals surface area contributed by atoms with E-state index in [1.165, 1.54) is 12.8 Å². The van der Waals surface area contributed by atoms with E-state index >= 15 is 0 Å². The summed E-state index contributed by atoms with van der Waals surface area (Å²) in [6, 6.07) is 1.82. The molecule has 7 heteroatoms. The lowest BCUT2D eigenvalue weighted by molar-refractivity contribution is 0.0682. The van der Waals surface area contributed by atoms with E-state index in [1.807, 2.05) is 30.4 Å². The summed E-state index contributed by atoms with van der Waals surface area (Å²) in [6.45, 7) is 5.49. The lowest BCUT2D eigenvalue weighted by Crippen LogP contribution is -2.39. The molecule has 25 heavy (non-hydrogen) atoms. The Labute approximate surface area is 148 Å². The van der Waals surface area contributed by atoms with Gasteiger partial charge in [0.2, 0.25) is 0 Å². The summed E-state index contributed by atoms with van der Waals surface area (Å²) in [5, 5.41) is 12.8. The van der Waals surface area contributed by atoms with Crippen LogP contribution in [0.15, 0.2) is 18.6 Å². The second kappa shape index (κ2) is 6.98. The summed E-state index contributed by atoms with van der Waals surface area (Å²) in [5.41, 5.74) is 0.560. The molecular weight excluding hydrogens is 316 g/mol. The van der Waals surface area contributed by atoms with Gasteiger partial charge in [-0.05, 0) is 50.5 Å². The zero-order chi connectivity index (χ0) is 17.2. The maximum Gasteiger partial charge on any atom is 0.274 e. The van der Waals surface area contributed by atoms with E-state index in [0.29, 0.717) is 11.6 Å². The minimum Gasteiger partial charge on any atom is -0.337 e. The van der Waals surface area contributed by atoms with Gasteiger partial charge in [0.15, 0.2) is 0 Å². The maximum atomic E-state index is 12.6. The van der Waals surface area contributed by atoms with Gasteiger partial charge in [-0.3, -0.25) is 9.48 Å². The molecule has 134 valence electrons. The quantitative estimate of drug-likeness (QED) is 0.805. The molecule has 0 unspecified atom stereocenters. The van der Waals surface area contributed by atoms with E-state index in [1.54, 1.807) is 4.68 Å². The van der Waals surface area contributed by atoms with E-state index in [4.69, 9.17) is 0 Å². The molecule has 2 aromatic rings. The summed E-state index contributed by atoms with van der Waals surface area (Å²) in [7, 11) is 0. The number of likely N-dealkylation sites (tertiary alicyclic amines) is 1. The third kappa shape index (κ3) is 3.75. The minimum atomic E-state index is 0.0579. The molecule has 1 aliphatic carbocycles. The van der Waals surface area contributed by atoms with Gasteiger partial charge in [-0.25, -0.2) is 0 Å². The standard InChI is InChI=1S/C18H26N6O/c1-2-24-10-7-16(21-24)18(25)22-8-5-14(6-9-22)11-17-20-19-13-23(17)12-15-3-4-15/h7,10,13-15H,2-6,8-9,11-12H2,1H3. The van der Waals surface area contributed by atoms with Crippen LogP contribution >= 0.6 is 0 Å². The van der Waals surface area contributed by atoms with E-state index in [2.05, 4.69) is 19.9 Å². The molecule has 1 amide bonds. The highest BCUT2D eigenvalue weighted by Gasteiger charge is 2.27. The molecule has 7 nitrogen and oxygen atoms in total. The first kappa shape index (κ1) is 16.3. The van der Waals surface area contributed by atoms with E-state index < -0.39 is 0 Å². The van der Waals surface area contributed by atoms with Gasteiger partial charge >= 0.3 is 0 Å². The number of carbonyl (C=O) groups is 1. The molecule has 1 aliphatic heterocycles. The Balaban J connectivity index is 1.30. The van der Waals surface area contributed by atoms with Crippen LogP contribution in [0.2, 0.25) is 0 Å². The van der Waals surface area contributed by atoms with Crippen molar-refractivity contribution in [2.75, 3.05) is 13.1 Å². The fourth-order valence-corrected chi connectivity index (χ4v) is 3.58. The molecule has 4 rings (SSSR count). The van der Waals surface area contributed by atoms with Crippen molar-refractivity contribution in [2.45, 2.75) is 52.1 Å². The fraction of sp³-hybridized carbons (Fsp3) is 0.667. The van der Waals surface area contributed by atoms with Gasteiger partial charge in [0, 0.05) is 38.8 Å². The number of piperidine rings is 1. The number of amides is 1. The molecule has 0 atom stereocenters. The molecule has 2 aliphatic rings. The first-order chi connectivity index (χ1) is 12.2. The van der Waals surface area contributed by atoms with Crippen LogP contribution in [-0.4, -0.2) is 48.4 Å². The lowest BCUT2D eigenvalue weighted by atomic mass is 9.93. The molecule has 1 saturated carbocycles. The van der Waals surface area contributed by atoms with Gasteiger partial charge < -0.3 is 9.47 Å². The fourth-order valence-electron chi connectivity index (χ4n) is 3.58. The molecule has 1 saturated heterocycles. The number of carbonyl (C=O) groups excluding carboxylic acids is 1. The number of hydrogen-bond donors (Lipinski definition) is 0. The van der Waals surface area contributed by atoms with E-state index in [-0.39, 0.29) is 5.91 Å². The lowest BCUT2D eigenvalue weighted by Gasteiger charge is -2.31. The van der Waals surface area contributed by atoms with Crippen molar-refractivity contribution in [3.8, 4) is 0 Å². The normalized spacial score (nSPS) is 18.7. The highest BCUT2D eigenvalue weighted by Crippen LogP contribution is 2.31. The number of aromatic nitrogens is 5. The molecule has 0 radical (unpaired) electrons. The average molecular weight is 342 g/mol. The molecule has 0 aromatic carbocycles. The van der Waals surface area contributed by atoms with Crippen molar-refractivity contribution < 1.29 is 4.79 Å². The third-order valence-corrected chi connectivity index (χ3v) is 5.40. The highest BCUT2D eigenvalue weighted by molar-refractivity contribution is 5.92. The number of aryl methyl sites for hydroxylation is 1. The van der Waals surface area contributed by atoms with Gasteiger partial charge in [0.1, 0.15) is 17.8 Å². The topological polar surface area (TPSA) is 68.8 Å². The summed E-state index contributed by atoms with van der Waals surface area (Å²) in [6.07, 6.45) is 9.44. The molecular formula is C18H26N6O. The van der Waals surface area contributed by atoms with Crippen LogP contribution < -0.4 is 0 Å². The van der Waals surface area contributed by atoms with Crippen LogP contribution in [-0.2, 0) is 19.5 Å². The summed E-state index contributed by atoms with van der Waals surface area (Å²) >= 11 is 0. The van der Waals surface area contributed by atoms with Crippen molar-refractivity contribution in [1.82, 2.24) is 29.4 Å². The van der Waals surface area contributed by atoms with Crippen LogP contribution in [0, 0.1) is 11.8 Å². The first-order valence-electron chi connectivity index (χ1n) is 9.42. The van der Waals surface area contributed by atoms with Gasteiger partial charge in [-0.2, -0.15) is 5.10 Å². The minimum absolute atomic E-state index is 0.0579. The van der Waals surface area contributed by atoms with Gasteiger partial charge in [-0.15, -0.1) is 10.2 Å². The van der Waals surface area contributed by atoms with Crippen molar-refractivity contribution in [3.63, 3.8) is 0 Å². The molecule has 0 bridgehead atoms. The van der Waals surface area contributed by atoms with Crippen molar-refractivity contribution in [3.05, 3.63) is 30.1 Å². The van der Waals surface area contributed by atoms with Gasteiger partial charge in [-0.1, -0.05) is 0 Å². The zero-order valence-electron chi connectivity index (χ0n) is 14.8. The average Bonchev–Trinajstić information content (AvgIpc) is 3.15. The molecule has 0 N–H and O–H groups in total. The number of hydrogen-bond acceptors (Lipinski definition) is 4. The van der Waals surface area contributed by atoms with Crippen LogP contribution in [0.5, 0.6) is 0 Å². The Bertz CT molecular complexity index is 724. The largest absolute Gasteiger partial charge is 0.337 e. The molecule has 3 heterocycles. The number of rotatable bonds is 6. The Kier molecular flexibility index (Phi) is 4.55. The maximum absolute atomic E-state index is 12.6. The van der Waals surface area contributed by atoms with Crippen LogP contribution in [0.4, 0.5) is 0 Å². The van der Waals surface area contributed by atoms with Crippen LogP contribution in [0.25, 0.3) is 0 Å².